The number of carbonyl (C=O) groups is 1. The molecule has 0 saturated carbocycles. The lowest BCUT2D eigenvalue weighted by molar-refractivity contribution is -0.130. The molecule has 1 unspecified atom stereocenters. The minimum atomic E-state index is -0.246. The highest BCUT2D eigenvalue weighted by atomic mass is 16.5. The number of amides is 1. The molecule has 1 fully saturated rings. The van der Waals surface area contributed by atoms with E-state index in [-0.39, 0.29) is 12.0 Å². The highest BCUT2D eigenvalue weighted by molar-refractivity contribution is 5.80. The molecule has 2 heterocycles. The Kier molecular flexibility index (Phi) is 5.17. The molecule has 1 saturated heterocycles. The second kappa shape index (κ2) is 7.09. The minimum Gasteiger partial charge on any atom is -0.397 e. The second-order valence-corrected chi connectivity index (χ2v) is 4.94. The second-order valence-electron chi connectivity index (χ2n) is 4.94. The van der Waals surface area contributed by atoms with Gasteiger partial charge in [-0.2, -0.15) is 0 Å². The van der Waals surface area contributed by atoms with Crippen molar-refractivity contribution in [1.29, 1.82) is 0 Å². The molecule has 2 rings (SSSR count). The Bertz CT molecular complexity index is 458. The summed E-state index contributed by atoms with van der Waals surface area (Å²) in [6, 6.07) is 3.69. The van der Waals surface area contributed by atoms with E-state index in [0.29, 0.717) is 18.8 Å². The van der Waals surface area contributed by atoms with E-state index in [4.69, 9.17) is 10.5 Å². The summed E-state index contributed by atoms with van der Waals surface area (Å²) in [6.45, 7) is 3.96. The number of nitrogens with one attached hydrogen (secondary N) is 2. The number of anilines is 2. The molecule has 0 spiro atoms. The third-order valence-corrected chi connectivity index (χ3v) is 3.31. The molecule has 0 radical (unpaired) electrons. The fraction of sp³-hybridized carbons (Fsp3) is 0.571. The van der Waals surface area contributed by atoms with Gasteiger partial charge in [0.2, 0.25) is 5.91 Å². The van der Waals surface area contributed by atoms with Crippen LogP contribution in [0.2, 0.25) is 0 Å². The van der Waals surface area contributed by atoms with Crippen LogP contribution in [-0.2, 0) is 9.53 Å². The van der Waals surface area contributed by atoms with Crippen LogP contribution in [0.1, 0.15) is 25.0 Å². The molecule has 1 aliphatic heterocycles. The van der Waals surface area contributed by atoms with Crippen molar-refractivity contribution in [3.8, 4) is 0 Å². The van der Waals surface area contributed by atoms with E-state index >= 15 is 0 Å². The van der Waals surface area contributed by atoms with Crippen LogP contribution in [0.4, 0.5) is 11.5 Å². The van der Waals surface area contributed by atoms with Gasteiger partial charge in [-0.25, -0.2) is 4.98 Å². The van der Waals surface area contributed by atoms with E-state index in [1.54, 1.807) is 0 Å². The molecule has 1 aliphatic rings. The quantitative estimate of drug-likeness (QED) is 0.677. The molecule has 0 aromatic carbocycles. The van der Waals surface area contributed by atoms with Crippen LogP contribution in [0.5, 0.6) is 0 Å². The molecule has 110 valence electrons. The number of nitrogens with zero attached hydrogens (tertiary/aromatic N) is 1. The van der Waals surface area contributed by atoms with Crippen molar-refractivity contribution < 1.29 is 9.53 Å². The van der Waals surface area contributed by atoms with Gasteiger partial charge < -0.3 is 21.1 Å². The number of hydrogen-bond acceptors (Lipinski definition) is 5. The van der Waals surface area contributed by atoms with Crippen molar-refractivity contribution in [2.75, 3.05) is 30.7 Å². The Balaban J connectivity index is 1.61. The first kappa shape index (κ1) is 14.6. The Morgan fingerprint density at radius 2 is 2.35 bits per heavy atom. The molecule has 4 N–H and O–H groups in total. The van der Waals surface area contributed by atoms with Crippen LogP contribution in [0.25, 0.3) is 0 Å². The number of nitrogens with two attached hydrogens (primary N) is 1. The summed E-state index contributed by atoms with van der Waals surface area (Å²) in [5.41, 5.74) is 7.22. The standard InChI is InChI=1S/C14H22N4O2/c1-10-11(15)5-6-13(18-10)16-7-3-8-17-14(19)12-4-2-9-20-12/h5-6,12H,2-4,7-9,15H2,1H3,(H,16,18)(H,17,19). The van der Waals surface area contributed by atoms with Gasteiger partial charge in [-0.05, 0) is 38.3 Å². The monoisotopic (exact) mass is 278 g/mol. The van der Waals surface area contributed by atoms with Gasteiger partial charge in [0.1, 0.15) is 11.9 Å². The van der Waals surface area contributed by atoms with Crippen LogP contribution in [0, 0.1) is 6.92 Å². The Hall–Kier alpha value is -1.82. The zero-order chi connectivity index (χ0) is 14.4. The summed E-state index contributed by atoms with van der Waals surface area (Å²) in [6.07, 6.45) is 2.40. The largest absolute Gasteiger partial charge is 0.397 e. The molecular weight excluding hydrogens is 256 g/mol. The van der Waals surface area contributed by atoms with Gasteiger partial charge in [0.05, 0.1) is 11.4 Å². The van der Waals surface area contributed by atoms with Crippen LogP contribution in [0.15, 0.2) is 12.1 Å². The third-order valence-electron chi connectivity index (χ3n) is 3.31. The summed E-state index contributed by atoms with van der Waals surface area (Å²) < 4.78 is 5.32. The number of rotatable bonds is 6. The number of ether oxygens (including phenoxy) is 1. The lowest BCUT2D eigenvalue weighted by atomic mass is 10.2. The molecular formula is C14H22N4O2. The summed E-state index contributed by atoms with van der Waals surface area (Å²) in [5, 5.41) is 6.09. The predicted octanol–water partition coefficient (Wildman–Crippen LogP) is 1.07. The zero-order valence-corrected chi connectivity index (χ0v) is 11.8. The van der Waals surface area contributed by atoms with Crippen molar-refractivity contribution >= 4 is 17.4 Å². The third kappa shape index (κ3) is 4.09. The number of carbonyl (C=O) groups excluding carboxylic acids is 1. The van der Waals surface area contributed by atoms with Gasteiger partial charge in [0, 0.05) is 19.7 Å². The summed E-state index contributed by atoms with van der Waals surface area (Å²) in [7, 11) is 0. The van der Waals surface area contributed by atoms with Crippen LogP contribution >= 0.6 is 0 Å². The topological polar surface area (TPSA) is 89.3 Å². The molecule has 0 aliphatic carbocycles. The highest BCUT2D eigenvalue weighted by Crippen LogP contribution is 2.12. The van der Waals surface area contributed by atoms with Gasteiger partial charge in [-0.3, -0.25) is 4.79 Å². The average molecular weight is 278 g/mol. The minimum absolute atomic E-state index is 0.00366. The number of pyridine rings is 1. The first-order chi connectivity index (χ1) is 9.66. The maximum Gasteiger partial charge on any atom is 0.249 e. The van der Waals surface area contributed by atoms with Crippen LogP contribution in [-0.4, -0.2) is 36.7 Å². The van der Waals surface area contributed by atoms with E-state index < -0.39 is 0 Å². The normalized spacial score (nSPS) is 17.9. The molecule has 6 nitrogen and oxygen atoms in total. The number of hydrogen-bond donors (Lipinski definition) is 3. The van der Waals surface area contributed by atoms with E-state index in [0.717, 1.165) is 37.3 Å². The van der Waals surface area contributed by atoms with Crippen molar-refractivity contribution in [1.82, 2.24) is 10.3 Å². The average Bonchev–Trinajstić information content (AvgIpc) is 2.96. The number of aryl methyl sites for hydroxylation is 1. The van der Waals surface area contributed by atoms with Crippen LogP contribution < -0.4 is 16.4 Å². The fourth-order valence-corrected chi connectivity index (χ4v) is 2.08. The van der Waals surface area contributed by atoms with E-state index in [1.807, 2.05) is 19.1 Å². The van der Waals surface area contributed by atoms with Crippen molar-refractivity contribution in [3.05, 3.63) is 17.8 Å². The number of nitrogen functional groups attached to an aromatic ring is 1. The van der Waals surface area contributed by atoms with Gasteiger partial charge in [-0.15, -0.1) is 0 Å². The summed E-state index contributed by atoms with van der Waals surface area (Å²) in [4.78, 5) is 16.0. The molecule has 0 bridgehead atoms. The van der Waals surface area contributed by atoms with Gasteiger partial charge in [0.15, 0.2) is 0 Å². The lowest BCUT2D eigenvalue weighted by Crippen LogP contribution is -2.35. The Labute approximate surface area is 119 Å². The lowest BCUT2D eigenvalue weighted by Gasteiger charge is -2.11. The smallest absolute Gasteiger partial charge is 0.249 e. The van der Waals surface area contributed by atoms with E-state index in [2.05, 4.69) is 15.6 Å². The molecule has 1 atom stereocenters. The van der Waals surface area contributed by atoms with Crippen molar-refractivity contribution in [2.24, 2.45) is 0 Å². The molecule has 20 heavy (non-hydrogen) atoms. The first-order valence-corrected chi connectivity index (χ1v) is 7.03. The Morgan fingerprint density at radius 1 is 1.50 bits per heavy atom. The number of aromatic nitrogens is 1. The maximum atomic E-state index is 11.7. The van der Waals surface area contributed by atoms with Crippen molar-refractivity contribution in [3.63, 3.8) is 0 Å². The van der Waals surface area contributed by atoms with E-state index in [1.165, 1.54) is 0 Å². The van der Waals surface area contributed by atoms with Crippen molar-refractivity contribution in [2.45, 2.75) is 32.3 Å². The highest BCUT2D eigenvalue weighted by Gasteiger charge is 2.22. The predicted molar refractivity (Wildman–Crippen MR) is 78.5 cm³/mol. The van der Waals surface area contributed by atoms with E-state index in [9.17, 15) is 4.79 Å². The van der Waals surface area contributed by atoms with Gasteiger partial charge in [0.25, 0.3) is 0 Å². The van der Waals surface area contributed by atoms with Crippen LogP contribution in [0.3, 0.4) is 0 Å². The fourth-order valence-electron chi connectivity index (χ4n) is 2.08. The summed E-state index contributed by atoms with van der Waals surface area (Å²) in [5.74, 6) is 0.811. The SMILES string of the molecule is Cc1nc(NCCCNC(=O)C2CCCO2)ccc1N. The van der Waals surface area contributed by atoms with Gasteiger partial charge >= 0.3 is 0 Å². The molecule has 6 heteroatoms. The molecule has 1 amide bonds. The maximum absolute atomic E-state index is 11.7. The zero-order valence-electron chi connectivity index (χ0n) is 11.8. The molecule has 1 aromatic rings. The molecule has 1 aromatic heterocycles. The Morgan fingerprint density at radius 3 is 3.05 bits per heavy atom. The van der Waals surface area contributed by atoms with Gasteiger partial charge in [-0.1, -0.05) is 0 Å². The first-order valence-electron chi connectivity index (χ1n) is 7.03. The summed E-state index contributed by atoms with van der Waals surface area (Å²) >= 11 is 0.